The van der Waals surface area contributed by atoms with Crippen LogP contribution in [0.25, 0.3) is 0 Å². The van der Waals surface area contributed by atoms with E-state index < -0.39 is 135 Å². The van der Waals surface area contributed by atoms with Crippen LogP contribution in [0.5, 0.6) is 0 Å². The first-order valence-corrected chi connectivity index (χ1v) is 22.9. The van der Waals surface area contributed by atoms with Gasteiger partial charge in [-0.25, -0.2) is 4.79 Å². The van der Waals surface area contributed by atoms with Crippen molar-refractivity contribution in [3.05, 3.63) is 85.1 Å². The Balaban J connectivity index is 1.88. The summed E-state index contributed by atoms with van der Waals surface area (Å²) in [5.41, 5.74) is 5.98. The summed E-state index contributed by atoms with van der Waals surface area (Å²) in [5, 5.41) is 123. The average Bonchev–Trinajstić information content (AvgIpc) is 3.25. The van der Waals surface area contributed by atoms with Crippen molar-refractivity contribution in [1.82, 2.24) is 10.6 Å². The Labute approximate surface area is 392 Å². The summed E-state index contributed by atoms with van der Waals surface area (Å²) in [4.78, 5) is 25.3. The Hall–Kier alpha value is -3.68. The van der Waals surface area contributed by atoms with E-state index in [1.54, 1.807) is 73.8 Å². The van der Waals surface area contributed by atoms with E-state index in [0.717, 1.165) is 0 Å². The number of allylic oxidation sites excluding steroid dienone is 12. The van der Waals surface area contributed by atoms with Gasteiger partial charge in [0.1, 0.15) is 12.2 Å². The molecule has 0 aromatic heterocycles. The van der Waals surface area contributed by atoms with Crippen molar-refractivity contribution in [2.24, 2.45) is 11.7 Å². The topological polar surface area (TPSA) is 344 Å². The Morgan fingerprint density at radius 2 is 1.34 bits per heavy atom. The zero-order chi connectivity index (χ0) is 49.5. The molecule has 3 rings (SSSR count). The first-order chi connectivity index (χ1) is 31.8. The lowest BCUT2D eigenvalue weighted by Crippen LogP contribution is -2.63. The van der Waals surface area contributed by atoms with Gasteiger partial charge in [-0.1, -0.05) is 92.0 Å². The minimum atomic E-state index is -2.27. The monoisotopic (exact) mass is 954 g/mol. The molecule has 67 heavy (non-hydrogen) atoms. The lowest BCUT2D eigenvalue weighted by atomic mass is 9.87. The second kappa shape index (κ2) is 30.0. The summed E-state index contributed by atoms with van der Waals surface area (Å²) in [5.74, 6) is -3.26. The molecule has 0 radical (unpaired) electrons. The van der Waals surface area contributed by atoms with Gasteiger partial charge in [-0.05, 0) is 26.2 Å². The van der Waals surface area contributed by atoms with Crippen molar-refractivity contribution < 1.29 is 84.7 Å². The molecule has 9 unspecified atom stereocenters. The molecule has 0 aromatic rings. The second-order valence-electron chi connectivity index (χ2n) is 17.5. The Morgan fingerprint density at radius 1 is 0.731 bits per heavy atom. The lowest BCUT2D eigenvalue weighted by molar-refractivity contribution is -0.299. The number of esters is 1. The quantitative estimate of drug-likeness (QED) is 0.148. The van der Waals surface area contributed by atoms with Crippen LogP contribution in [0.4, 0.5) is 4.79 Å². The van der Waals surface area contributed by atoms with Crippen LogP contribution in [0.15, 0.2) is 85.1 Å². The summed E-state index contributed by atoms with van der Waals surface area (Å²) >= 11 is 0. The van der Waals surface area contributed by atoms with E-state index in [1.165, 1.54) is 0 Å². The van der Waals surface area contributed by atoms with Crippen LogP contribution in [-0.4, -0.2) is 185 Å². The van der Waals surface area contributed by atoms with Crippen molar-refractivity contribution in [2.75, 3.05) is 19.8 Å². The van der Waals surface area contributed by atoms with Gasteiger partial charge in [0.25, 0.3) is 0 Å². The molecule has 2 amide bonds. The molecule has 2 fully saturated rings. The number of carbonyl (C=O) groups excluding carboxylic acids is 2. The molecule has 0 aliphatic carbocycles. The van der Waals surface area contributed by atoms with Gasteiger partial charge >= 0.3 is 12.0 Å². The first-order valence-electron chi connectivity index (χ1n) is 22.9. The van der Waals surface area contributed by atoms with Crippen molar-refractivity contribution in [3.63, 3.8) is 0 Å². The highest BCUT2D eigenvalue weighted by atomic mass is 16.7. The number of nitrogens with one attached hydrogen (secondary N) is 2. The number of ether oxygens (including phenoxy) is 4. The SMILES string of the molecule is C[C@H]1C[C@H](O)[C@@H](C)/C=C/C=C/C=C/C=C/C=C/C=C/C=C/C(OC2OC[C@@H](O)[C@H](N)[C@@H]2O)C[C@@H]2OC(O)(CC(O)CC(O)C(O)CCC(O)CC(O)CC(=O)O1)C[C@H](O)C2NC(=O)NCCO. The first kappa shape index (κ1) is 57.6. The zero-order valence-corrected chi connectivity index (χ0v) is 38.3. The summed E-state index contributed by atoms with van der Waals surface area (Å²) in [7, 11) is 0. The van der Waals surface area contributed by atoms with E-state index in [1.807, 2.05) is 25.2 Å². The van der Waals surface area contributed by atoms with Gasteiger partial charge in [-0.3, -0.25) is 4.79 Å². The van der Waals surface area contributed by atoms with Crippen molar-refractivity contribution in [1.29, 1.82) is 0 Å². The fourth-order valence-electron chi connectivity index (χ4n) is 7.73. The number of nitrogens with two attached hydrogens (primary N) is 1. The number of urea groups is 1. The summed E-state index contributed by atoms with van der Waals surface area (Å²) in [6.45, 7) is 2.70. The van der Waals surface area contributed by atoms with Gasteiger partial charge in [0.15, 0.2) is 12.1 Å². The molecule has 15 N–H and O–H groups in total. The molecule has 3 aliphatic heterocycles. The third kappa shape index (κ3) is 21.7. The predicted octanol–water partition coefficient (Wildman–Crippen LogP) is -0.963. The highest BCUT2D eigenvalue weighted by Crippen LogP contribution is 2.35. The minimum Gasteiger partial charge on any atom is -0.462 e. The van der Waals surface area contributed by atoms with Crippen LogP contribution < -0.4 is 16.4 Å². The molecule has 20 heteroatoms. The zero-order valence-electron chi connectivity index (χ0n) is 38.3. The van der Waals surface area contributed by atoms with Gasteiger partial charge < -0.3 is 91.5 Å². The number of amides is 2. The molecule has 0 saturated carbocycles. The van der Waals surface area contributed by atoms with Gasteiger partial charge in [-0.15, -0.1) is 0 Å². The number of carbonyl (C=O) groups is 2. The molecule has 17 atom stereocenters. The maximum Gasteiger partial charge on any atom is 0.315 e. The van der Waals surface area contributed by atoms with Crippen LogP contribution in [0.3, 0.4) is 0 Å². The number of cyclic esters (lactones) is 1. The van der Waals surface area contributed by atoms with E-state index in [0.29, 0.717) is 0 Å². The number of aliphatic hydroxyl groups is 11. The third-order valence-electron chi connectivity index (χ3n) is 11.5. The normalized spacial score (nSPS) is 42.1. The number of rotatable bonds is 5. The van der Waals surface area contributed by atoms with Gasteiger partial charge in [0, 0.05) is 44.6 Å². The van der Waals surface area contributed by atoms with Crippen LogP contribution in [-0.2, 0) is 23.7 Å². The van der Waals surface area contributed by atoms with Gasteiger partial charge in [-0.2, -0.15) is 0 Å². The van der Waals surface area contributed by atoms with Crippen molar-refractivity contribution >= 4 is 12.0 Å². The van der Waals surface area contributed by atoms with Crippen molar-refractivity contribution in [2.45, 2.75) is 169 Å². The predicted molar refractivity (Wildman–Crippen MR) is 244 cm³/mol. The molecular weight excluding hydrogens is 879 g/mol. The second-order valence-corrected chi connectivity index (χ2v) is 17.5. The summed E-state index contributed by atoms with van der Waals surface area (Å²) < 4.78 is 23.2. The van der Waals surface area contributed by atoms with Crippen molar-refractivity contribution in [3.8, 4) is 0 Å². The summed E-state index contributed by atoms with van der Waals surface area (Å²) in [6, 6.07) is -3.10. The van der Waals surface area contributed by atoms with Crippen LogP contribution in [0, 0.1) is 5.92 Å². The third-order valence-corrected chi connectivity index (χ3v) is 11.5. The highest BCUT2D eigenvalue weighted by Gasteiger charge is 2.48. The number of aliphatic hydroxyl groups excluding tert-OH is 10. The molecule has 0 spiro atoms. The van der Waals surface area contributed by atoms with E-state index in [-0.39, 0.29) is 57.8 Å². The lowest BCUT2D eigenvalue weighted by Gasteiger charge is -2.46. The number of hydrogen-bond donors (Lipinski definition) is 14. The fraction of sp³-hybridized carbons (Fsp3) is 0.660. The van der Waals surface area contributed by atoms with Crippen LogP contribution in [0.1, 0.15) is 71.6 Å². The number of hydrogen-bond acceptors (Lipinski definition) is 18. The molecule has 3 aliphatic rings. The molecule has 3 heterocycles. The molecule has 0 aromatic carbocycles. The summed E-state index contributed by atoms with van der Waals surface area (Å²) in [6.07, 6.45) is 5.63. The molecule has 380 valence electrons. The smallest absolute Gasteiger partial charge is 0.315 e. The van der Waals surface area contributed by atoms with E-state index in [2.05, 4.69) is 10.6 Å². The maximum absolute atomic E-state index is 12.8. The van der Waals surface area contributed by atoms with E-state index in [9.17, 15) is 65.8 Å². The van der Waals surface area contributed by atoms with E-state index >= 15 is 0 Å². The Kier molecular flexibility index (Phi) is 25.8. The molecular formula is C47H75N3O17. The van der Waals surface area contributed by atoms with Gasteiger partial charge in [0.05, 0.1) is 92.8 Å². The number of fused-ring (bicyclic) bond motifs is 2. The molecule has 20 nitrogen and oxygen atoms in total. The minimum absolute atomic E-state index is 0.0994. The Bertz CT molecular complexity index is 1680. The maximum atomic E-state index is 12.8. The fourth-order valence-corrected chi connectivity index (χ4v) is 7.73. The van der Waals surface area contributed by atoms with E-state index in [4.69, 9.17) is 24.7 Å². The van der Waals surface area contributed by atoms with Crippen LogP contribution >= 0.6 is 0 Å². The Morgan fingerprint density at radius 3 is 1.97 bits per heavy atom. The average molecular weight is 954 g/mol. The standard InChI is InChI=1S/C47H75N3O17/c1-29-15-13-11-9-7-5-3-4-6-8-10-12-14-16-34(66-45-44(61)42(48)39(59)28-64-45)25-40-43(50-46(62)49-19-20-51)38(58)27-47(63,67-40)26-33(54)23-37(57)35(55)18-17-31(52)22-32(53)24-41(60)65-30(2)21-36(29)56/h3-16,29-40,42-45,51-59,61,63H,17-28,48H2,1-2H3,(H2,49,50,62)/b4-3+,7-5+,8-6+,11-9+,12-10+,15-13+,16-14+/t29-,30-,31?,32?,33?,34?,35?,36-,37?,38-,39+,40-,42-,43?,44-,45?,47?/m0/s1. The molecule has 2 bridgehead atoms. The largest absolute Gasteiger partial charge is 0.462 e. The van der Waals surface area contributed by atoms with Crippen LogP contribution in [0.2, 0.25) is 0 Å². The molecule has 2 saturated heterocycles. The highest BCUT2D eigenvalue weighted by molar-refractivity contribution is 5.74. The van der Waals surface area contributed by atoms with Gasteiger partial charge in [0.2, 0.25) is 0 Å².